The number of carbonyl (C=O) groups is 1. The van der Waals surface area contributed by atoms with Crippen molar-refractivity contribution < 1.29 is 4.79 Å². The van der Waals surface area contributed by atoms with E-state index in [1.165, 1.54) is 11.1 Å². The molecule has 2 aliphatic rings. The number of carbonyl (C=O) groups excluding carboxylic acids is 1. The van der Waals surface area contributed by atoms with E-state index in [-0.39, 0.29) is 23.2 Å². The van der Waals surface area contributed by atoms with Crippen molar-refractivity contribution in [3.05, 3.63) is 94.8 Å². The van der Waals surface area contributed by atoms with Crippen molar-refractivity contribution in [2.24, 2.45) is 11.8 Å². The molecule has 0 unspecified atom stereocenters. The monoisotopic (exact) mass is 499 g/mol. The first-order valence-electron chi connectivity index (χ1n) is 13.1. The van der Waals surface area contributed by atoms with Gasteiger partial charge in [-0.25, -0.2) is 4.68 Å². The van der Waals surface area contributed by atoms with Crippen molar-refractivity contribution in [3.8, 4) is 34.3 Å². The Morgan fingerprint density at radius 2 is 1.74 bits per heavy atom. The van der Waals surface area contributed by atoms with Crippen LogP contribution in [0.5, 0.6) is 0 Å². The molecular weight excluding hydrogens is 470 g/mol. The fraction of sp³-hybridized carbons (Fsp3) is 0.281. The first-order chi connectivity index (χ1) is 18.3. The van der Waals surface area contributed by atoms with Gasteiger partial charge in [0, 0.05) is 28.0 Å². The Labute approximate surface area is 222 Å². The van der Waals surface area contributed by atoms with E-state index in [4.69, 9.17) is 5.10 Å². The van der Waals surface area contributed by atoms with Gasteiger partial charge >= 0.3 is 0 Å². The van der Waals surface area contributed by atoms with Crippen LogP contribution in [0.15, 0.2) is 72.4 Å². The summed E-state index contributed by atoms with van der Waals surface area (Å²) in [6.07, 6.45) is 5.37. The Bertz CT molecular complexity index is 1640. The van der Waals surface area contributed by atoms with Crippen LogP contribution in [-0.2, 0) is 16.6 Å². The van der Waals surface area contributed by atoms with E-state index < -0.39 is 5.41 Å². The van der Waals surface area contributed by atoms with Crippen molar-refractivity contribution >= 4 is 5.78 Å². The quantitative estimate of drug-likeness (QED) is 0.340. The largest absolute Gasteiger partial charge is 0.293 e. The molecule has 6 rings (SSSR count). The first-order valence-corrected chi connectivity index (χ1v) is 13.1. The third-order valence-electron chi connectivity index (χ3n) is 8.34. The predicted octanol–water partition coefficient (Wildman–Crippen LogP) is 6.10. The van der Waals surface area contributed by atoms with Crippen molar-refractivity contribution in [1.29, 1.82) is 5.26 Å². The van der Waals surface area contributed by atoms with Crippen LogP contribution < -0.4 is 0 Å². The van der Waals surface area contributed by atoms with E-state index in [0.29, 0.717) is 0 Å². The topological polar surface area (TPSA) is 84.5 Å². The van der Waals surface area contributed by atoms with E-state index in [9.17, 15) is 10.1 Å². The number of Topliss-reactive ketones (excluding diaryl/α,β-unsaturated/α-hetero) is 1. The van der Waals surface area contributed by atoms with Gasteiger partial charge < -0.3 is 0 Å². The number of allylic oxidation sites excluding steroid dienone is 2. The van der Waals surface area contributed by atoms with Gasteiger partial charge in [-0.3, -0.25) is 4.79 Å². The maximum Gasteiger partial charge on any atom is 0.176 e. The highest BCUT2D eigenvalue weighted by Gasteiger charge is 2.50. The van der Waals surface area contributed by atoms with Crippen molar-refractivity contribution in [2.45, 2.75) is 46.0 Å². The maximum absolute atomic E-state index is 13.0. The maximum atomic E-state index is 13.0. The number of ketones is 1. The third-order valence-corrected chi connectivity index (χ3v) is 8.34. The molecule has 3 atom stereocenters. The molecule has 0 saturated carbocycles. The molecule has 4 aromatic rings. The zero-order valence-corrected chi connectivity index (χ0v) is 22.1. The summed E-state index contributed by atoms with van der Waals surface area (Å²) in [6, 6.07) is 20.9. The molecule has 0 spiro atoms. The van der Waals surface area contributed by atoms with Gasteiger partial charge in [0.1, 0.15) is 6.07 Å². The lowest BCUT2D eigenvalue weighted by atomic mass is 9.57. The second-order valence-electron chi connectivity index (χ2n) is 10.9. The van der Waals surface area contributed by atoms with Gasteiger partial charge in [0.2, 0.25) is 0 Å². The Morgan fingerprint density at radius 1 is 1.03 bits per heavy atom. The second-order valence-corrected chi connectivity index (χ2v) is 10.9. The van der Waals surface area contributed by atoms with Crippen LogP contribution in [0.1, 0.15) is 42.7 Å². The number of aryl methyl sites for hydroxylation is 2. The lowest BCUT2D eigenvalue weighted by Gasteiger charge is -2.45. The number of benzene rings is 2. The van der Waals surface area contributed by atoms with Gasteiger partial charge in [-0.15, -0.1) is 0 Å². The first kappa shape index (κ1) is 24.0. The number of hydrogen-bond donors (Lipinski definition) is 0. The smallest absolute Gasteiger partial charge is 0.176 e. The lowest BCUT2D eigenvalue weighted by molar-refractivity contribution is -0.121. The molecule has 0 radical (unpaired) electrons. The summed E-state index contributed by atoms with van der Waals surface area (Å²) in [5.74, 6) is -0.170. The van der Waals surface area contributed by atoms with E-state index in [2.05, 4.69) is 66.5 Å². The highest BCUT2D eigenvalue weighted by molar-refractivity contribution is 6.02. The molecule has 188 valence electrons. The molecule has 0 N–H and O–H groups in total. The fourth-order valence-corrected chi connectivity index (χ4v) is 6.36. The average molecular weight is 500 g/mol. The van der Waals surface area contributed by atoms with Crippen molar-refractivity contribution in [1.82, 2.24) is 20.0 Å². The summed E-state index contributed by atoms with van der Waals surface area (Å²) < 4.78 is 2.04. The number of nitrogens with zero attached hydrogens (tertiary/aromatic N) is 5. The predicted molar refractivity (Wildman–Crippen MR) is 147 cm³/mol. The normalized spacial score (nSPS) is 22.3. The number of hydrogen-bond acceptors (Lipinski definition) is 5. The molecule has 2 heterocycles. The number of nitriles is 1. The summed E-state index contributed by atoms with van der Waals surface area (Å²) in [5.41, 5.74) is 9.05. The summed E-state index contributed by atoms with van der Waals surface area (Å²) >= 11 is 0. The molecule has 0 amide bonds. The molecule has 6 nitrogen and oxygen atoms in total. The minimum Gasteiger partial charge on any atom is -0.293 e. The number of fused-ring (bicyclic) bond motifs is 3. The number of rotatable bonds is 3. The number of aromatic nitrogens is 4. The van der Waals surface area contributed by atoms with Crippen molar-refractivity contribution in [2.75, 3.05) is 0 Å². The molecule has 6 heteroatoms. The Balaban J connectivity index is 1.56. The van der Waals surface area contributed by atoms with Gasteiger partial charge in [-0.05, 0) is 56.4 Å². The SMILES string of the molecule is Cc1ccc(-c2nn(-c3ccc(-c4cc(C)cnn4)cc3)c3c2CC[C@@H]2[C@@H](C)C(=O)C(C#N)=C[C@@]32C)cc1. The minimum atomic E-state index is -0.497. The standard InChI is InChI=1S/C32H29N5O/c1-19-5-7-23(8-6-19)29-26-13-14-27-21(3)30(38)24(17-33)16-32(27,4)31(26)37(36-29)25-11-9-22(10-12-25)28-15-20(2)18-34-35-28/h5-12,15-16,18,21,27H,13-14H2,1-4H3/t21-,27-,32-/m1/s1. The van der Waals surface area contributed by atoms with Gasteiger partial charge in [0.25, 0.3) is 0 Å². The molecule has 0 bridgehead atoms. The average Bonchev–Trinajstić information content (AvgIpc) is 3.32. The zero-order chi connectivity index (χ0) is 26.6. The van der Waals surface area contributed by atoms with E-state index in [0.717, 1.165) is 52.3 Å². The molecule has 2 aliphatic carbocycles. The Morgan fingerprint density at radius 3 is 2.42 bits per heavy atom. The van der Waals surface area contributed by atoms with Gasteiger partial charge in [-0.1, -0.05) is 61.9 Å². The summed E-state index contributed by atoms with van der Waals surface area (Å²) in [7, 11) is 0. The fourth-order valence-electron chi connectivity index (χ4n) is 6.36. The van der Waals surface area contributed by atoms with E-state index >= 15 is 0 Å². The molecule has 0 fully saturated rings. The molecule has 38 heavy (non-hydrogen) atoms. The van der Waals surface area contributed by atoms with E-state index in [1.54, 1.807) is 6.20 Å². The molecular formula is C32H29N5O. The molecule has 0 aliphatic heterocycles. The van der Waals surface area contributed by atoms with E-state index in [1.807, 2.05) is 42.8 Å². The molecule has 0 saturated heterocycles. The van der Waals surface area contributed by atoms with Crippen LogP contribution in [0.25, 0.3) is 28.2 Å². The summed E-state index contributed by atoms with van der Waals surface area (Å²) in [4.78, 5) is 13.0. The van der Waals surface area contributed by atoms with Crippen LogP contribution in [0.3, 0.4) is 0 Å². The minimum absolute atomic E-state index is 0.0492. The zero-order valence-electron chi connectivity index (χ0n) is 22.1. The Hall–Kier alpha value is -4.37. The summed E-state index contributed by atoms with van der Waals surface area (Å²) in [6.45, 7) is 8.23. The van der Waals surface area contributed by atoms with Crippen LogP contribution in [0, 0.1) is 37.0 Å². The van der Waals surface area contributed by atoms with Gasteiger partial charge in [0.15, 0.2) is 5.78 Å². The van der Waals surface area contributed by atoms with Crippen LogP contribution in [0.2, 0.25) is 0 Å². The summed E-state index contributed by atoms with van der Waals surface area (Å²) in [5, 5.41) is 23.4. The van der Waals surface area contributed by atoms with Gasteiger partial charge in [0.05, 0.1) is 34.5 Å². The highest BCUT2D eigenvalue weighted by atomic mass is 16.1. The molecule has 2 aromatic carbocycles. The second kappa shape index (κ2) is 8.88. The Kier molecular flexibility index (Phi) is 5.61. The molecule has 2 aromatic heterocycles. The highest BCUT2D eigenvalue weighted by Crippen LogP contribution is 2.52. The third kappa shape index (κ3) is 3.69. The van der Waals surface area contributed by atoms with Crippen molar-refractivity contribution in [3.63, 3.8) is 0 Å². The van der Waals surface area contributed by atoms with Crippen LogP contribution in [0.4, 0.5) is 0 Å². The van der Waals surface area contributed by atoms with Crippen LogP contribution >= 0.6 is 0 Å². The van der Waals surface area contributed by atoms with Crippen LogP contribution in [-0.4, -0.2) is 25.8 Å². The van der Waals surface area contributed by atoms with Gasteiger partial charge in [-0.2, -0.15) is 20.6 Å². The lowest BCUT2D eigenvalue weighted by Crippen LogP contribution is -2.46.